The average Bonchev–Trinajstić information content (AvgIpc) is 4.13. The van der Waals surface area contributed by atoms with Crippen LogP contribution in [0.5, 0.6) is 0 Å². The molecule has 0 unspecified atom stereocenters. The number of para-hydroxylation sites is 2. The molecule has 2 aromatic heterocycles. The minimum Gasteiger partial charge on any atom is -0.454 e. The van der Waals surface area contributed by atoms with Gasteiger partial charge in [-0.25, -0.2) is 0 Å². The third-order valence-corrected chi connectivity index (χ3v) is 17.7. The number of benzene rings is 10. The number of hydrogen-bond donors (Lipinski definition) is 0. The van der Waals surface area contributed by atoms with Gasteiger partial charge >= 0.3 is 0 Å². The Morgan fingerprint density at radius 2 is 0.724 bits per heavy atom. The van der Waals surface area contributed by atoms with Crippen molar-refractivity contribution >= 4 is 110 Å². The highest BCUT2D eigenvalue weighted by Gasteiger charge is 2.32. The normalized spacial score (nSPS) is 15.4. The highest BCUT2D eigenvalue weighted by Crippen LogP contribution is 2.54. The smallest absolute Gasteiger partial charge is 0.159 e. The van der Waals surface area contributed by atoms with Crippen molar-refractivity contribution in [1.29, 1.82) is 0 Å². The number of furan rings is 2. The quantitative estimate of drug-likeness (QED) is 0.142. The van der Waals surface area contributed by atoms with Crippen molar-refractivity contribution in [3.05, 3.63) is 192 Å². The molecule has 2 aliphatic rings. The monoisotopic (exact) mass is 993 g/mol. The van der Waals surface area contributed by atoms with Gasteiger partial charge in [-0.2, -0.15) is 0 Å². The molecule has 2 heterocycles. The molecule has 378 valence electrons. The fourth-order valence-corrected chi connectivity index (χ4v) is 13.7. The van der Waals surface area contributed by atoms with Crippen LogP contribution in [-0.2, 0) is 10.8 Å². The maximum atomic E-state index is 7.14. The van der Waals surface area contributed by atoms with Gasteiger partial charge in [-0.05, 0) is 141 Å². The van der Waals surface area contributed by atoms with Crippen molar-refractivity contribution in [3.63, 3.8) is 0 Å². The maximum absolute atomic E-state index is 7.14. The molecule has 0 aliphatic heterocycles. The van der Waals surface area contributed by atoms with Gasteiger partial charge in [0.05, 0.1) is 22.7 Å². The van der Waals surface area contributed by atoms with E-state index in [1.807, 2.05) is 0 Å². The second-order valence-electron chi connectivity index (χ2n) is 24.5. The van der Waals surface area contributed by atoms with Gasteiger partial charge in [0.15, 0.2) is 11.2 Å². The third-order valence-electron chi connectivity index (χ3n) is 17.7. The molecule has 0 bridgehead atoms. The molecule has 2 saturated carbocycles. The SMILES string of the molecule is CC(C)(C)c1ccc(N(c2ccc3ccc4c(N(c5ccc(C(C)(C)C)cc5)c5c(C6CCCCC6)ccc6c5oc5ccccc56)ccc5ccc2c3c54)c2c(C3CCCCC3)ccc3c2oc2ccccc23)cc1. The summed E-state index contributed by atoms with van der Waals surface area (Å²) >= 11 is 0. The van der Waals surface area contributed by atoms with Gasteiger partial charge in [0.1, 0.15) is 11.2 Å². The number of anilines is 6. The lowest BCUT2D eigenvalue weighted by Gasteiger charge is -2.34. The summed E-state index contributed by atoms with van der Waals surface area (Å²) in [5, 5.41) is 12.1. The van der Waals surface area contributed by atoms with Crippen LogP contribution in [0, 0.1) is 0 Å². The van der Waals surface area contributed by atoms with E-state index in [0.717, 1.165) is 66.6 Å². The van der Waals surface area contributed by atoms with E-state index in [-0.39, 0.29) is 10.8 Å². The second-order valence-corrected chi connectivity index (χ2v) is 24.5. The highest BCUT2D eigenvalue weighted by atomic mass is 16.3. The third kappa shape index (κ3) is 7.68. The van der Waals surface area contributed by atoms with Crippen LogP contribution in [-0.4, -0.2) is 0 Å². The first-order chi connectivity index (χ1) is 37.0. The van der Waals surface area contributed by atoms with Crippen molar-refractivity contribution < 1.29 is 8.83 Å². The second kappa shape index (κ2) is 18.0. The molecule has 2 aliphatic carbocycles. The standard InChI is InChI=1S/C72H68N2O2/c1-71(2,3)49-29-33-51(34-30-49)73(67-53(45-17-9-7-10-18-45)39-41-57-55-21-13-15-23-63(55)75-69(57)67)61-43-27-47-26-38-60-62(44-28-48-25-37-59(61)65(47)66(48)60)74(52-35-31-50(32-36-52)72(4,5)6)68-54(46-19-11-8-12-20-46)40-42-58-56-22-14-16-24-64(56)76-70(58)68/h13-16,21-46H,7-12,17-20H2,1-6H3. The van der Waals surface area contributed by atoms with Crippen molar-refractivity contribution in [2.75, 3.05) is 9.80 Å². The summed E-state index contributed by atoms with van der Waals surface area (Å²) in [6.07, 6.45) is 12.3. The summed E-state index contributed by atoms with van der Waals surface area (Å²) < 4.78 is 14.3. The van der Waals surface area contributed by atoms with Gasteiger partial charge in [-0.1, -0.05) is 201 Å². The predicted molar refractivity (Wildman–Crippen MR) is 323 cm³/mol. The Labute approximate surface area is 447 Å². The van der Waals surface area contributed by atoms with E-state index >= 15 is 0 Å². The summed E-state index contributed by atoms with van der Waals surface area (Å²) in [6.45, 7) is 13.8. The number of fused-ring (bicyclic) bond motifs is 6. The van der Waals surface area contributed by atoms with Gasteiger partial charge in [-0.3, -0.25) is 0 Å². The molecule has 0 radical (unpaired) electrons. The van der Waals surface area contributed by atoms with E-state index in [9.17, 15) is 0 Å². The van der Waals surface area contributed by atoms with E-state index in [2.05, 4.69) is 221 Å². The molecule has 4 nitrogen and oxygen atoms in total. The first-order valence-electron chi connectivity index (χ1n) is 28.4. The minimum absolute atomic E-state index is 0.00961. The summed E-state index contributed by atoms with van der Waals surface area (Å²) in [7, 11) is 0. The minimum atomic E-state index is 0.00961. The van der Waals surface area contributed by atoms with Crippen LogP contribution in [0.2, 0.25) is 0 Å². The zero-order valence-corrected chi connectivity index (χ0v) is 45.1. The first kappa shape index (κ1) is 46.9. The Balaban J connectivity index is 1.05. The maximum Gasteiger partial charge on any atom is 0.159 e. The van der Waals surface area contributed by atoms with E-state index in [1.165, 1.54) is 130 Å². The molecule has 10 aromatic carbocycles. The molecule has 0 N–H and O–H groups in total. The summed E-state index contributed by atoms with van der Waals surface area (Å²) in [5.41, 5.74) is 16.1. The van der Waals surface area contributed by atoms with Gasteiger partial charge in [0.2, 0.25) is 0 Å². The van der Waals surface area contributed by atoms with Crippen LogP contribution < -0.4 is 9.80 Å². The van der Waals surface area contributed by atoms with Crippen molar-refractivity contribution in [2.45, 2.75) is 128 Å². The Morgan fingerprint density at radius 1 is 0.355 bits per heavy atom. The Kier molecular flexibility index (Phi) is 11.1. The zero-order chi connectivity index (χ0) is 51.5. The van der Waals surface area contributed by atoms with Crippen LogP contribution in [0.25, 0.3) is 76.2 Å². The largest absolute Gasteiger partial charge is 0.454 e. The van der Waals surface area contributed by atoms with E-state index in [4.69, 9.17) is 8.83 Å². The summed E-state index contributed by atoms with van der Waals surface area (Å²) in [6, 6.07) is 64.6. The molecular formula is C72H68N2O2. The fourth-order valence-electron chi connectivity index (χ4n) is 13.7. The molecule has 0 spiro atoms. The Hall–Kier alpha value is -7.56. The zero-order valence-electron chi connectivity index (χ0n) is 45.1. The average molecular weight is 993 g/mol. The predicted octanol–water partition coefficient (Wildman–Crippen LogP) is 22.0. The molecular weight excluding hydrogens is 925 g/mol. The Bertz CT molecular complexity index is 3880. The van der Waals surface area contributed by atoms with Gasteiger partial charge in [0, 0.05) is 43.7 Å². The van der Waals surface area contributed by atoms with Crippen LogP contribution in [0.3, 0.4) is 0 Å². The summed E-state index contributed by atoms with van der Waals surface area (Å²) in [5.74, 6) is 0.858. The fraction of sp³-hybridized carbons (Fsp3) is 0.278. The molecule has 12 aromatic rings. The first-order valence-corrected chi connectivity index (χ1v) is 28.4. The lowest BCUT2D eigenvalue weighted by Crippen LogP contribution is -2.17. The molecule has 76 heavy (non-hydrogen) atoms. The molecule has 2 fully saturated rings. The van der Waals surface area contributed by atoms with E-state index in [0.29, 0.717) is 11.8 Å². The van der Waals surface area contributed by atoms with Crippen LogP contribution in [0.1, 0.15) is 140 Å². The van der Waals surface area contributed by atoms with Crippen LogP contribution >= 0.6 is 0 Å². The highest BCUT2D eigenvalue weighted by molar-refractivity contribution is 6.29. The molecule has 4 heteroatoms. The molecule has 0 amide bonds. The topological polar surface area (TPSA) is 32.8 Å². The van der Waals surface area contributed by atoms with Gasteiger partial charge < -0.3 is 18.6 Å². The lowest BCUT2D eigenvalue weighted by molar-refractivity contribution is 0.444. The number of hydrogen-bond acceptors (Lipinski definition) is 4. The van der Waals surface area contributed by atoms with Gasteiger partial charge in [0.25, 0.3) is 0 Å². The van der Waals surface area contributed by atoms with Gasteiger partial charge in [-0.15, -0.1) is 0 Å². The number of nitrogens with zero attached hydrogens (tertiary/aromatic N) is 2. The molecule has 14 rings (SSSR count). The van der Waals surface area contributed by atoms with E-state index in [1.54, 1.807) is 0 Å². The van der Waals surface area contributed by atoms with Crippen molar-refractivity contribution in [3.8, 4) is 0 Å². The van der Waals surface area contributed by atoms with Crippen molar-refractivity contribution in [1.82, 2.24) is 0 Å². The van der Waals surface area contributed by atoms with E-state index < -0.39 is 0 Å². The van der Waals surface area contributed by atoms with Crippen LogP contribution in [0.15, 0.2) is 179 Å². The lowest BCUT2D eigenvalue weighted by atomic mass is 9.82. The summed E-state index contributed by atoms with van der Waals surface area (Å²) in [4.78, 5) is 5.16. The molecule has 0 atom stereocenters. The molecule has 0 saturated heterocycles. The number of rotatable bonds is 8. The Morgan fingerprint density at radius 3 is 1.12 bits per heavy atom. The van der Waals surface area contributed by atoms with Crippen LogP contribution in [0.4, 0.5) is 34.1 Å². The van der Waals surface area contributed by atoms with Crippen molar-refractivity contribution in [2.24, 2.45) is 0 Å².